The lowest BCUT2D eigenvalue weighted by Crippen LogP contribution is -1.91. The van der Waals surface area contributed by atoms with Crippen LogP contribution >= 0.6 is 0 Å². The van der Waals surface area contributed by atoms with Crippen LogP contribution in [0.1, 0.15) is 11.1 Å². The Morgan fingerprint density at radius 2 is 1.38 bits per heavy atom. The third kappa shape index (κ3) is 3.69. The summed E-state index contributed by atoms with van der Waals surface area (Å²) >= 11 is 0. The van der Waals surface area contributed by atoms with Crippen LogP contribution in [-0.2, 0) is 0 Å². The Balaban J connectivity index is 1.70. The van der Waals surface area contributed by atoms with Crippen LogP contribution in [0.2, 0.25) is 0 Å². The summed E-state index contributed by atoms with van der Waals surface area (Å²) < 4.78 is 0. The standard InChI is InChI=1S/C30H20N2/c1-2-21-8-12-23(13-9-21)26-16-17-29-28(18-26)27(24-6-4-3-5-7-24)19-30(32-29)25-14-10-22(20-31)11-15-25/h2-19H,1H2. The van der Waals surface area contributed by atoms with Crippen molar-refractivity contribution < 1.29 is 0 Å². The zero-order valence-corrected chi connectivity index (χ0v) is 17.5. The molecule has 0 aliphatic heterocycles. The second kappa shape index (κ2) is 8.34. The SMILES string of the molecule is C=Cc1ccc(-c2ccc3nc(-c4ccc(C#N)cc4)cc(-c4ccccc4)c3c2)cc1. The fourth-order valence-corrected chi connectivity index (χ4v) is 3.94. The van der Waals surface area contributed by atoms with Gasteiger partial charge in [0.1, 0.15) is 0 Å². The van der Waals surface area contributed by atoms with Gasteiger partial charge < -0.3 is 0 Å². The minimum atomic E-state index is 0.643. The Morgan fingerprint density at radius 1 is 0.688 bits per heavy atom. The summed E-state index contributed by atoms with van der Waals surface area (Å²) in [6, 6.07) is 37.1. The molecule has 0 unspecified atom stereocenters. The van der Waals surface area contributed by atoms with Crippen molar-refractivity contribution in [1.29, 1.82) is 5.26 Å². The summed E-state index contributed by atoms with van der Waals surface area (Å²) in [6.07, 6.45) is 1.85. The Labute approximate surface area is 187 Å². The van der Waals surface area contributed by atoms with Crippen LogP contribution in [0.5, 0.6) is 0 Å². The molecular formula is C30H20N2. The zero-order chi connectivity index (χ0) is 21.9. The third-order valence-corrected chi connectivity index (χ3v) is 5.68. The highest BCUT2D eigenvalue weighted by atomic mass is 14.7. The molecule has 0 bridgehead atoms. The highest BCUT2D eigenvalue weighted by molar-refractivity contribution is 5.99. The van der Waals surface area contributed by atoms with Crippen LogP contribution < -0.4 is 0 Å². The second-order valence-corrected chi connectivity index (χ2v) is 7.67. The van der Waals surface area contributed by atoms with Gasteiger partial charge in [-0.15, -0.1) is 0 Å². The van der Waals surface area contributed by atoms with Crippen molar-refractivity contribution in [3.63, 3.8) is 0 Å². The van der Waals surface area contributed by atoms with Crippen molar-refractivity contribution in [2.24, 2.45) is 0 Å². The lowest BCUT2D eigenvalue weighted by atomic mass is 9.95. The second-order valence-electron chi connectivity index (χ2n) is 7.67. The molecular weight excluding hydrogens is 388 g/mol. The number of nitriles is 1. The van der Waals surface area contributed by atoms with Crippen molar-refractivity contribution in [2.75, 3.05) is 0 Å². The average molecular weight is 409 g/mol. The molecule has 150 valence electrons. The van der Waals surface area contributed by atoms with E-state index >= 15 is 0 Å². The number of benzene rings is 4. The van der Waals surface area contributed by atoms with Crippen LogP contribution in [0.25, 0.3) is 50.5 Å². The molecule has 0 amide bonds. The largest absolute Gasteiger partial charge is 0.248 e. The molecule has 0 spiro atoms. The predicted octanol–water partition coefficient (Wildman–Crippen LogP) is 7.75. The molecule has 1 heterocycles. The quantitative estimate of drug-likeness (QED) is 0.305. The smallest absolute Gasteiger partial charge is 0.0991 e. The zero-order valence-electron chi connectivity index (χ0n) is 17.5. The normalized spacial score (nSPS) is 10.6. The van der Waals surface area contributed by atoms with E-state index in [9.17, 15) is 0 Å². The van der Waals surface area contributed by atoms with E-state index in [1.165, 1.54) is 0 Å². The van der Waals surface area contributed by atoms with Crippen molar-refractivity contribution in [3.8, 4) is 39.6 Å². The minimum Gasteiger partial charge on any atom is -0.248 e. The summed E-state index contributed by atoms with van der Waals surface area (Å²) in [4.78, 5) is 4.95. The van der Waals surface area contributed by atoms with Crippen molar-refractivity contribution >= 4 is 17.0 Å². The van der Waals surface area contributed by atoms with Gasteiger partial charge in [-0.1, -0.05) is 85.5 Å². The first-order valence-electron chi connectivity index (χ1n) is 10.5. The van der Waals surface area contributed by atoms with E-state index in [0.717, 1.165) is 50.0 Å². The van der Waals surface area contributed by atoms with Gasteiger partial charge in [0.15, 0.2) is 0 Å². The maximum atomic E-state index is 9.11. The summed E-state index contributed by atoms with van der Waals surface area (Å²) in [7, 11) is 0. The van der Waals surface area contributed by atoms with Crippen molar-refractivity contribution in [1.82, 2.24) is 4.98 Å². The number of aromatic nitrogens is 1. The van der Waals surface area contributed by atoms with Gasteiger partial charge in [0, 0.05) is 10.9 Å². The monoisotopic (exact) mass is 408 g/mol. The van der Waals surface area contributed by atoms with E-state index in [0.29, 0.717) is 5.56 Å². The fourth-order valence-electron chi connectivity index (χ4n) is 3.94. The van der Waals surface area contributed by atoms with Crippen molar-refractivity contribution in [2.45, 2.75) is 0 Å². The fraction of sp³-hybridized carbons (Fsp3) is 0. The van der Waals surface area contributed by atoms with E-state index in [2.05, 4.69) is 85.4 Å². The van der Waals surface area contributed by atoms with E-state index in [1.807, 2.05) is 36.4 Å². The van der Waals surface area contributed by atoms with Gasteiger partial charge in [-0.3, -0.25) is 0 Å². The lowest BCUT2D eigenvalue weighted by Gasteiger charge is -2.12. The number of nitrogens with zero attached hydrogens (tertiary/aromatic N) is 2. The molecule has 2 heteroatoms. The third-order valence-electron chi connectivity index (χ3n) is 5.68. The molecule has 0 atom stereocenters. The van der Waals surface area contributed by atoms with Crippen LogP contribution in [-0.4, -0.2) is 4.98 Å². The maximum Gasteiger partial charge on any atom is 0.0991 e. The molecule has 0 fully saturated rings. The molecule has 0 saturated heterocycles. The van der Waals surface area contributed by atoms with Crippen LogP contribution in [0, 0.1) is 11.3 Å². The highest BCUT2D eigenvalue weighted by Crippen LogP contribution is 2.34. The Hall–Kier alpha value is -4.48. The minimum absolute atomic E-state index is 0.643. The molecule has 2 nitrogen and oxygen atoms in total. The number of fused-ring (bicyclic) bond motifs is 1. The topological polar surface area (TPSA) is 36.7 Å². The molecule has 0 aliphatic rings. The van der Waals surface area contributed by atoms with Gasteiger partial charge in [-0.2, -0.15) is 5.26 Å². The maximum absolute atomic E-state index is 9.11. The molecule has 0 N–H and O–H groups in total. The Bertz CT molecular complexity index is 1460. The van der Waals surface area contributed by atoms with E-state index in [1.54, 1.807) is 0 Å². The Kier molecular flexibility index (Phi) is 5.07. The number of pyridine rings is 1. The van der Waals surface area contributed by atoms with Crippen LogP contribution in [0.15, 0.2) is 110 Å². The van der Waals surface area contributed by atoms with E-state index in [4.69, 9.17) is 10.2 Å². The van der Waals surface area contributed by atoms with E-state index in [-0.39, 0.29) is 0 Å². The molecule has 0 aliphatic carbocycles. The number of hydrogen-bond acceptors (Lipinski definition) is 2. The van der Waals surface area contributed by atoms with Crippen LogP contribution in [0.4, 0.5) is 0 Å². The summed E-state index contributed by atoms with van der Waals surface area (Å²) in [6.45, 7) is 3.84. The molecule has 5 rings (SSSR count). The van der Waals surface area contributed by atoms with Gasteiger partial charge in [-0.25, -0.2) is 4.98 Å². The summed E-state index contributed by atoms with van der Waals surface area (Å²) in [5.74, 6) is 0. The average Bonchev–Trinajstić information content (AvgIpc) is 2.88. The molecule has 32 heavy (non-hydrogen) atoms. The number of hydrogen-bond donors (Lipinski definition) is 0. The number of rotatable bonds is 4. The lowest BCUT2D eigenvalue weighted by molar-refractivity contribution is 1.39. The molecule has 0 radical (unpaired) electrons. The summed E-state index contributed by atoms with van der Waals surface area (Å²) in [5, 5.41) is 10.2. The van der Waals surface area contributed by atoms with Gasteiger partial charge >= 0.3 is 0 Å². The molecule has 5 aromatic rings. The van der Waals surface area contributed by atoms with Gasteiger partial charge in [0.2, 0.25) is 0 Å². The first kappa shape index (κ1) is 19.5. The summed E-state index contributed by atoms with van der Waals surface area (Å²) in [5.41, 5.74) is 9.17. The highest BCUT2D eigenvalue weighted by Gasteiger charge is 2.11. The van der Waals surface area contributed by atoms with Crippen LogP contribution in [0.3, 0.4) is 0 Å². The Morgan fingerprint density at radius 3 is 2.06 bits per heavy atom. The van der Waals surface area contributed by atoms with Gasteiger partial charge in [0.05, 0.1) is 22.8 Å². The first-order valence-corrected chi connectivity index (χ1v) is 10.5. The molecule has 1 aromatic heterocycles. The molecule has 4 aromatic carbocycles. The van der Waals surface area contributed by atoms with E-state index < -0.39 is 0 Å². The predicted molar refractivity (Wildman–Crippen MR) is 133 cm³/mol. The van der Waals surface area contributed by atoms with Crippen molar-refractivity contribution in [3.05, 3.63) is 121 Å². The van der Waals surface area contributed by atoms with Gasteiger partial charge in [-0.05, 0) is 58.1 Å². The molecule has 0 saturated carbocycles. The van der Waals surface area contributed by atoms with Gasteiger partial charge in [0.25, 0.3) is 0 Å². The first-order chi connectivity index (χ1) is 15.7.